The lowest BCUT2D eigenvalue weighted by molar-refractivity contribution is 0.0988. The zero-order valence-corrected chi connectivity index (χ0v) is 12.9. The summed E-state index contributed by atoms with van der Waals surface area (Å²) in [6.07, 6.45) is 0. The first-order valence-corrected chi connectivity index (χ1v) is 7.00. The molecule has 0 bridgehead atoms. The van der Waals surface area contributed by atoms with E-state index in [-0.39, 0.29) is 11.7 Å². The van der Waals surface area contributed by atoms with E-state index in [1.165, 1.54) is 0 Å². The summed E-state index contributed by atoms with van der Waals surface area (Å²) in [5, 5.41) is 6.81. The van der Waals surface area contributed by atoms with Crippen molar-refractivity contribution in [2.75, 3.05) is 11.9 Å². The number of nitrogens with one attached hydrogen (secondary N) is 1. The molecule has 0 aliphatic rings. The summed E-state index contributed by atoms with van der Waals surface area (Å²) >= 11 is 6.13. The van der Waals surface area contributed by atoms with Crippen molar-refractivity contribution in [1.29, 1.82) is 0 Å². The average molecular weight is 309 g/mol. The molecule has 112 valence electrons. The Labute approximate surface area is 128 Å². The summed E-state index contributed by atoms with van der Waals surface area (Å²) in [6.45, 7) is 6.45. The van der Waals surface area contributed by atoms with Gasteiger partial charge in [-0.1, -0.05) is 30.6 Å². The van der Waals surface area contributed by atoms with Gasteiger partial charge in [0.05, 0.1) is 17.3 Å². The largest absolute Gasteiger partial charge is 0.492 e. The number of benzene rings is 1. The highest BCUT2D eigenvalue weighted by Gasteiger charge is 2.13. The number of amides is 1. The number of carbonyl (C=O) groups is 1. The first-order valence-electron chi connectivity index (χ1n) is 6.62. The van der Waals surface area contributed by atoms with Crippen LogP contribution in [0.5, 0.6) is 5.75 Å². The molecular weight excluding hydrogens is 292 g/mol. The molecule has 0 aliphatic heterocycles. The van der Waals surface area contributed by atoms with E-state index in [2.05, 4.69) is 24.3 Å². The molecule has 0 aliphatic carbocycles. The maximum Gasteiger partial charge on any atom is 0.294 e. The van der Waals surface area contributed by atoms with Crippen molar-refractivity contribution in [3.63, 3.8) is 0 Å². The number of hydrogen-bond acceptors (Lipinski definition) is 4. The second-order valence-electron chi connectivity index (χ2n) is 5.14. The molecule has 0 radical (unpaired) electrons. The zero-order chi connectivity index (χ0) is 15.4. The lowest BCUT2D eigenvalue weighted by atomic mass is 10.2. The van der Waals surface area contributed by atoms with Crippen LogP contribution in [0.4, 0.5) is 5.69 Å². The maximum atomic E-state index is 11.9. The highest BCUT2D eigenvalue weighted by molar-refractivity contribution is 6.32. The Bertz CT molecular complexity index is 638. The van der Waals surface area contributed by atoms with Gasteiger partial charge in [-0.2, -0.15) is 0 Å². The van der Waals surface area contributed by atoms with Crippen molar-refractivity contribution in [3.05, 3.63) is 40.7 Å². The van der Waals surface area contributed by atoms with Crippen LogP contribution in [0.2, 0.25) is 5.02 Å². The first kappa shape index (κ1) is 15.4. The molecule has 1 N–H and O–H groups in total. The zero-order valence-electron chi connectivity index (χ0n) is 12.1. The Morgan fingerprint density at radius 1 is 1.43 bits per heavy atom. The van der Waals surface area contributed by atoms with Crippen LogP contribution in [-0.4, -0.2) is 17.7 Å². The van der Waals surface area contributed by atoms with Crippen LogP contribution >= 0.6 is 11.6 Å². The molecule has 5 nitrogen and oxygen atoms in total. The number of halogens is 1. The van der Waals surface area contributed by atoms with Crippen molar-refractivity contribution in [2.45, 2.75) is 20.8 Å². The van der Waals surface area contributed by atoms with Gasteiger partial charge in [0.2, 0.25) is 5.76 Å². The third kappa shape index (κ3) is 4.23. The first-order chi connectivity index (χ1) is 9.95. The number of aryl methyl sites for hydroxylation is 1. The van der Waals surface area contributed by atoms with Crippen LogP contribution in [0, 0.1) is 12.8 Å². The van der Waals surface area contributed by atoms with Crippen LogP contribution in [-0.2, 0) is 0 Å². The van der Waals surface area contributed by atoms with Crippen molar-refractivity contribution in [3.8, 4) is 5.75 Å². The predicted molar refractivity (Wildman–Crippen MR) is 81.0 cm³/mol. The van der Waals surface area contributed by atoms with Crippen LogP contribution in [0.15, 0.2) is 28.8 Å². The van der Waals surface area contributed by atoms with E-state index in [0.717, 1.165) is 0 Å². The number of nitrogens with zero attached hydrogens (tertiary/aromatic N) is 1. The van der Waals surface area contributed by atoms with Crippen molar-refractivity contribution in [1.82, 2.24) is 5.16 Å². The third-order valence-corrected chi connectivity index (χ3v) is 2.91. The molecule has 1 aromatic heterocycles. The van der Waals surface area contributed by atoms with Gasteiger partial charge in [0.25, 0.3) is 5.91 Å². The minimum Gasteiger partial charge on any atom is -0.492 e. The summed E-state index contributed by atoms with van der Waals surface area (Å²) in [5.41, 5.74) is 1.21. The lowest BCUT2D eigenvalue weighted by Gasteiger charge is -2.11. The van der Waals surface area contributed by atoms with Gasteiger partial charge in [0, 0.05) is 11.8 Å². The number of rotatable bonds is 5. The molecule has 21 heavy (non-hydrogen) atoms. The van der Waals surface area contributed by atoms with E-state index in [1.807, 2.05) is 0 Å². The fourth-order valence-corrected chi connectivity index (χ4v) is 1.85. The van der Waals surface area contributed by atoms with Gasteiger partial charge >= 0.3 is 0 Å². The van der Waals surface area contributed by atoms with Crippen LogP contribution in [0.1, 0.15) is 30.1 Å². The Morgan fingerprint density at radius 2 is 2.19 bits per heavy atom. The van der Waals surface area contributed by atoms with Crippen molar-refractivity contribution < 1.29 is 14.1 Å². The summed E-state index contributed by atoms with van der Waals surface area (Å²) in [6, 6.07) is 6.66. The van der Waals surface area contributed by atoms with Gasteiger partial charge < -0.3 is 14.6 Å². The third-order valence-electron chi connectivity index (χ3n) is 2.61. The molecule has 1 heterocycles. The lowest BCUT2D eigenvalue weighted by Crippen LogP contribution is -2.11. The maximum absolute atomic E-state index is 11.9. The highest BCUT2D eigenvalue weighted by Crippen LogP contribution is 2.28. The number of hydrogen-bond donors (Lipinski definition) is 1. The van der Waals surface area contributed by atoms with Gasteiger partial charge in [0.15, 0.2) is 0 Å². The van der Waals surface area contributed by atoms with E-state index in [0.29, 0.717) is 34.7 Å². The predicted octanol–water partition coefficient (Wildman–Crippen LogP) is 3.92. The standard InChI is InChI=1S/C15H17ClN2O3/c1-9(2)8-20-13-5-4-11(7-12(13)16)17-15(19)14-6-10(3)18-21-14/h4-7,9H,8H2,1-3H3,(H,17,19). The number of aromatic nitrogens is 1. The molecule has 0 spiro atoms. The smallest absolute Gasteiger partial charge is 0.294 e. The van der Waals surface area contributed by atoms with E-state index < -0.39 is 0 Å². The summed E-state index contributed by atoms with van der Waals surface area (Å²) < 4.78 is 10.5. The second-order valence-corrected chi connectivity index (χ2v) is 5.54. The molecular formula is C15H17ClN2O3. The Kier molecular flexibility index (Phi) is 4.85. The molecule has 0 unspecified atom stereocenters. The summed E-state index contributed by atoms with van der Waals surface area (Å²) in [4.78, 5) is 11.9. The quantitative estimate of drug-likeness (QED) is 0.909. The van der Waals surface area contributed by atoms with Crippen molar-refractivity contribution >= 4 is 23.2 Å². The number of anilines is 1. The molecule has 2 aromatic rings. The number of carbonyl (C=O) groups excluding carboxylic acids is 1. The monoisotopic (exact) mass is 308 g/mol. The second kappa shape index (κ2) is 6.63. The Balaban J connectivity index is 2.04. The molecule has 1 aromatic carbocycles. The highest BCUT2D eigenvalue weighted by atomic mass is 35.5. The van der Waals surface area contributed by atoms with Crippen LogP contribution in [0.25, 0.3) is 0 Å². The Hall–Kier alpha value is -2.01. The minimum absolute atomic E-state index is 0.156. The van der Waals surface area contributed by atoms with Gasteiger partial charge in [-0.3, -0.25) is 4.79 Å². The summed E-state index contributed by atoms with van der Waals surface area (Å²) in [5.74, 6) is 0.792. The average Bonchev–Trinajstić information content (AvgIpc) is 2.84. The molecule has 2 rings (SSSR count). The normalized spacial score (nSPS) is 10.7. The van der Waals surface area contributed by atoms with Gasteiger partial charge in [-0.25, -0.2) is 0 Å². The van der Waals surface area contributed by atoms with E-state index in [1.54, 1.807) is 31.2 Å². The van der Waals surface area contributed by atoms with Crippen molar-refractivity contribution in [2.24, 2.45) is 5.92 Å². The topological polar surface area (TPSA) is 64.4 Å². The van der Waals surface area contributed by atoms with E-state index in [9.17, 15) is 4.79 Å². The fraction of sp³-hybridized carbons (Fsp3) is 0.333. The van der Waals surface area contributed by atoms with Gasteiger partial charge in [-0.15, -0.1) is 0 Å². The molecule has 6 heteroatoms. The fourth-order valence-electron chi connectivity index (χ4n) is 1.62. The van der Waals surface area contributed by atoms with Gasteiger partial charge in [-0.05, 0) is 31.0 Å². The Morgan fingerprint density at radius 3 is 2.76 bits per heavy atom. The molecule has 0 saturated heterocycles. The number of ether oxygens (including phenoxy) is 1. The van der Waals surface area contributed by atoms with E-state index >= 15 is 0 Å². The minimum atomic E-state index is -0.373. The van der Waals surface area contributed by atoms with E-state index in [4.69, 9.17) is 20.9 Å². The van der Waals surface area contributed by atoms with Crippen LogP contribution in [0.3, 0.4) is 0 Å². The van der Waals surface area contributed by atoms with Crippen LogP contribution < -0.4 is 10.1 Å². The summed E-state index contributed by atoms with van der Waals surface area (Å²) in [7, 11) is 0. The molecule has 1 amide bonds. The van der Waals surface area contributed by atoms with Gasteiger partial charge in [0.1, 0.15) is 5.75 Å². The SMILES string of the molecule is Cc1cc(C(=O)Nc2ccc(OCC(C)C)c(Cl)c2)on1. The molecule has 0 fully saturated rings. The molecule has 0 saturated carbocycles. The molecule has 0 atom stereocenters.